The first kappa shape index (κ1) is 14.3. The number of ether oxygens (including phenoxy) is 1. The van der Waals surface area contributed by atoms with Gasteiger partial charge >= 0.3 is 5.69 Å². The third kappa shape index (κ3) is 3.24. The second-order valence-corrected chi connectivity index (χ2v) is 4.17. The van der Waals surface area contributed by atoms with Gasteiger partial charge in [0.05, 0.1) is 22.0 Å². The van der Waals surface area contributed by atoms with Gasteiger partial charge in [-0.2, -0.15) is 0 Å². The molecule has 0 fully saturated rings. The fourth-order valence-electron chi connectivity index (χ4n) is 1.71. The van der Waals surface area contributed by atoms with E-state index in [4.69, 9.17) is 10.5 Å². The summed E-state index contributed by atoms with van der Waals surface area (Å²) in [6, 6.07) is 10.9. The van der Waals surface area contributed by atoms with Crippen LogP contribution >= 0.6 is 0 Å². The number of nitro benzene ring substituents is 2. The summed E-state index contributed by atoms with van der Waals surface area (Å²) in [6.45, 7) is 0.101. The summed E-state index contributed by atoms with van der Waals surface area (Å²) in [5.74, 6) is -0.0836. The van der Waals surface area contributed by atoms with Crippen molar-refractivity contribution in [2.75, 3.05) is 5.73 Å². The molecule has 0 saturated carbocycles. The number of non-ortho nitro benzene ring substituents is 1. The maximum atomic E-state index is 10.9. The van der Waals surface area contributed by atoms with Crippen molar-refractivity contribution in [3.8, 4) is 5.75 Å². The monoisotopic (exact) mass is 289 g/mol. The second-order valence-electron chi connectivity index (χ2n) is 4.17. The van der Waals surface area contributed by atoms with Crippen molar-refractivity contribution in [2.45, 2.75) is 6.61 Å². The van der Waals surface area contributed by atoms with Gasteiger partial charge in [-0.05, 0) is 5.56 Å². The molecule has 0 spiro atoms. The standard InChI is InChI=1S/C13H11N3O5/c14-13-11(16(19)20)6-10(15(17)18)7-12(13)21-8-9-4-2-1-3-5-9/h1-7H,8,14H2. The molecule has 0 radical (unpaired) electrons. The first-order valence-electron chi connectivity index (χ1n) is 5.88. The van der Waals surface area contributed by atoms with Gasteiger partial charge in [0.1, 0.15) is 6.61 Å². The first-order chi connectivity index (χ1) is 9.99. The average Bonchev–Trinajstić information content (AvgIpc) is 2.46. The van der Waals surface area contributed by atoms with Crippen molar-refractivity contribution < 1.29 is 14.6 Å². The van der Waals surface area contributed by atoms with Crippen molar-refractivity contribution in [1.29, 1.82) is 0 Å². The van der Waals surface area contributed by atoms with E-state index >= 15 is 0 Å². The van der Waals surface area contributed by atoms with E-state index in [1.807, 2.05) is 6.07 Å². The highest BCUT2D eigenvalue weighted by atomic mass is 16.6. The van der Waals surface area contributed by atoms with Gasteiger partial charge in [-0.15, -0.1) is 0 Å². The smallest absolute Gasteiger partial charge is 0.302 e. The molecule has 2 rings (SSSR count). The number of hydrogen-bond acceptors (Lipinski definition) is 6. The fourth-order valence-corrected chi connectivity index (χ4v) is 1.71. The van der Waals surface area contributed by atoms with Crippen molar-refractivity contribution >= 4 is 17.1 Å². The number of nitrogens with zero attached hydrogens (tertiary/aromatic N) is 2. The van der Waals surface area contributed by atoms with Crippen LogP contribution in [0.4, 0.5) is 17.1 Å². The van der Waals surface area contributed by atoms with Crippen LogP contribution in [-0.2, 0) is 6.61 Å². The number of rotatable bonds is 5. The summed E-state index contributed by atoms with van der Waals surface area (Å²) in [5.41, 5.74) is 5.21. The molecule has 0 atom stereocenters. The van der Waals surface area contributed by atoms with E-state index < -0.39 is 21.2 Å². The molecule has 0 bridgehead atoms. The summed E-state index contributed by atoms with van der Waals surface area (Å²) >= 11 is 0. The molecule has 0 aliphatic rings. The molecule has 0 unspecified atom stereocenters. The molecule has 2 N–H and O–H groups in total. The van der Waals surface area contributed by atoms with Gasteiger partial charge in [-0.3, -0.25) is 20.2 Å². The van der Waals surface area contributed by atoms with Crippen LogP contribution in [0.2, 0.25) is 0 Å². The van der Waals surface area contributed by atoms with E-state index in [-0.39, 0.29) is 18.0 Å². The van der Waals surface area contributed by atoms with Crippen LogP contribution in [0, 0.1) is 20.2 Å². The zero-order chi connectivity index (χ0) is 15.4. The minimum atomic E-state index is -0.780. The maximum absolute atomic E-state index is 10.9. The Morgan fingerprint density at radius 2 is 1.71 bits per heavy atom. The minimum absolute atomic E-state index is 0.0836. The Kier molecular flexibility index (Phi) is 3.98. The molecule has 0 saturated heterocycles. The number of nitro groups is 2. The number of benzene rings is 2. The zero-order valence-electron chi connectivity index (χ0n) is 10.8. The molecular weight excluding hydrogens is 278 g/mol. The molecule has 0 aliphatic heterocycles. The van der Waals surface area contributed by atoms with E-state index in [2.05, 4.69) is 0 Å². The van der Waals surface area contributed by atoms with Gasteiger partial charge in [-0.1, -0.05) is 30.3 Å². The van der Waals surface area contributed by atoms with Gasteiger partial charge in [0.25, 0.3) is 5.69 Å². The van der Waals surface area contributed by atoms with E-state index in [1.54, 1.807) is 24.3 Å². The van der Waals surface area contributed by atoms with Crippen LogP contribution in [0.1, 0.15) is 5.56 Å². The number of hydrogen-bond donors (Lipinski definition) is 1. The third-order valence-electron chi connectivity index (χ3n) is 2.75. The van der Waals surface area contributed by atoms with Crippen molar-refractivity contribution in [3.05, 3.63) is 68.3 Å². The quantitative estimate of drug-likeness (QED) is 0.513. The predicted octanol–water partition coefficient (Wildman–Crippen LogP) is 2.66. The highest BCUT2D eigenvalue weighted by Gasteiger charge is 2.23. The predicted molar refractivity (Wildman–Crippen MR) is 74.9 cm³/mol. The minimum Gasteiger partial charge on any atom is -0.486 e. The second kappa shape index (κ2) is 5.87. The lowest BCUT2D eigenvalue weighted by molar-refractivity contribution is -0.393. The van der Waals surface area contributed by atoms with Crippen LogP contribution in [0.25, 0.3) is 0 Å². The van der Waals surface area contributed by atoms with Crippen molar-refractivity contribution in [2.24, 2.45) is 0 Å². The van der Waals surface area contributed by atoms with Crippen LogP contribution < -0.4 is 10.5 Å². The molecule has 0 aliphatic carbocycles. The molecule has 0 heterocycles. The summed E-state index contributed by atoms with van der Waals surface area (Å²) in [6.07, 6.45) is 0. The lowest BCUT2D eigenvalue weighted by Crippen LogP contribution is -2.03. The molecule has 8 heteroatoms. The SMILES string of the molecule is Nc1c(OCc2ccccc2)cc([N+](=O)[O-])cc1[N+](=O)[O-]. The molecule has 2 aromatic carbocycles. The molecule has 0 aromatic heterocycles. The third-order valence-corrected chi connectivity index (χ3v) is 2.75. The molecule has 108 valence electrons. The van der Waals surface area contributed by atoms with Gasteiger partial charge in [-0.25, -0.2) is 0 Å². The first-order valence-corrected chi connectivity index (χ1v) is 5.88. The topological polar surface area (TPSA) is 122 Å². The largest absolute Gasteiger partial charge is 0.486 e. The van der Waals surface area contributed by atoms with Gasteiger partial charge in [0, 0.05) is 0 Å². The molecule has 0 amide bonds. The number of nitrogens with two attached hydrogens (primary N) is 1. The lowest BCUT2D eigenvalue weighted by atomic mass is 10.2. The number of nitrogen functional groups attached to an aromatic ring is 1. The summed E-state index contributed by atoms with van der Waals surface area (Å²) < 4.78 is 5.37. The Bertz CT molecular complexity index is 688. The Labute approximate surface area is 119 Å². The van der Waals surface area contributed by atoms with Gasteiger partial charge < -0.3 is 10.5 Å². The zero-order valence-corrected chi connectivity index (χ0v) is 10.8. The van der Waals surface area contributed by atoms with E-state index in [1.165, 1.54) is 0 Å². The van der Waals surface area contributed by atoms with E-state index in [0.29, 0.717) is 0 Å². The van der Waals surface area contributed by atoms with Crippen LogP contribution in [0.15, 0.2) is 42.5 Å². The lowest BCUT2D eigenvalue weighted by Gasteiger charge is -2.09. The van der Waals surface area contributed by atoms with Crippen LogP contribution in [-0.4, -0.2) is 9.85 Å². The highest BCUT2D eigenvalue weighted by molar-refractivity contribution is 5.71. The van der Waals surface area contributed by atoms with Gasteiger partial charge in [0.2, 0.25) is 0 Å². The van der Waals surface area contributed by atoms with E-state index in [0.717, 1.165) is 17.7 Å². The maximum Gasteiger partial charge on any atom is 0.302 e. The number of anilines is 1. The highest BCUT2D eigenvalue weighted by Crippen LogP contribution is 2.36. The molecule has 8 nitrogen and oxygen atoms in total. The molecular formula is C13H11N3O5. The van der Waals surface area contributed by atoms with Crippen molar-refractivity contribution in [3.63, 3.8) is 0 Å². The summed E-state index contributed by atoms with van der Waals surface area (Å²) in [4.78, 5) is 20.2. The Morgan fingerprint density at radius 3 is 2.29 bits per heavy atom. The normalized spacial score (nSPS) is 10.1. The molecule has 21 heavy (non-hydrogen) atoms. The summed E-state index contributed by atoms with van der Waals surface area (Å²) in [5, 5.41) is 21.7. The Balaban J connectivity index is 2.33. The summed E-state index contributed by atoms with van der Waals surface area (Å²) in [7, 11) is 0. The van der Waals surface area contributed by atoms with Crippen molar-refractivity contribution in [1.82, 2.24) is 0 Å². The van der Waals surface area contributed by atoms with Crippen LogP contribution in [0.3, 0.4) is 0 Å². The van der Waals surface area contributed by atoms with Gasteiger partial charge in [0.15, 0.2) is 11.4 Å². The average molecular weight is 289 g/mol. The Hall–Kier alpha value is -3.16. The van der Waals surface area contributed by atoms with Crippen LogP contribution in [0.5, 0.6) is 5.75 Å². The Morgan fingerprint density at radius 1 is 1.05 bits per heavy atom. The fraction of sp³-hybridized carbons (Fsp3) is 0.0769. The molecule has 2 aromatic rings. The van der Waals surface area contributed by atoms with E-state index in [9.17, 15) is 20.2 Å².